The van der Waals surface area contributed by atoms with Crippen LogP contribution in [0.5, 0.6) is 0 Å². The molecule has 6 nitrogen and oxygen atoms in total. The van der Waals surface area contributed by atoms with Gasteiger partial charge in [0.15, 0.2) is 0 Å². The molecule has 27 heavy (non-hydrogen) atoms. The highest BCUT2D eigenvalue weighted by atomic mass is 16.4. The van der Waals surface area contributed by atoms with Gasteiger partial charge in [-0.15, -0.1) is 0 Å². The molecule has 0 heterocycles. The van der Waals surface area contributed by atoms with Gasteiger partial charge in [0.2, 0.25) is 11.8 Å². The molecule has 6 heteroatoms. The Labute approximate surface area is 158 Å². The number of nitrogens with one attached hydrogen (secondary N) is 2. The molecular weight excluding hydrogens is 344 g/mol. The minimum atomic E-state index is -1.09. The fourth-order valence-electron chi connectivity index (χ4n) is 2.81. The normalized spacial score (nSPS) is 10.9. The molecule has 3 N–H and O–H groups in total. The first kappa shape index (κ1) is 20.2. The van der Waals surface area contributed by atoms with Crippen molar-refractivity contribution in [3.05, 3.63) is 65.2 Å². The molecule has 2 aromatic carbocycles. The van der Waals surface area contributed by atoms with Gasteiger partial charge in [-0.1, -0.05) is 36.4 Å². The molecule has 0 atom stereocenters. The van der Waals surface area contributed by atoms with Gasteiger partial charge in [0.1, 0.15) is 6.54 Å². The molecule has 0 aromatic heterocycles. The maximum atomic E-state index is 12.8. The third-order valence-electron chi connectivity index (χ3n) is 4.40. The molecule has 2 rings (SSSR count). The first-order valence-corrected chi connectivity index (χ1v) is 8.65. The number of amides is 2. The Kier molecular flexibility index (Phi) is 6.34. The molecule has 0 aliphatic heterocycles. The van der Waals surface area contributed by atoms with Crippen molar-refractivity contribution in [1.82, 2.24) is 5.32 Å². The molecule has 2 aromatic rings. The van der Waals surface area contributed by atoms with Gasteiger partial charge in [0.25, 0.3) is 0 Å². The number of benzene rings is 2. The lowest BCUT2D eigenvalue weighted by atomic mass is 9.81. The first-order chi connectivity index (χ1) is 12.7. The number of hydrogen-bond donors (Lipinski definition) is 3. The smallest absolute Gasteiger partial charge is 0.322 e. The van der Waals surface area contributed by atoms with E-state index in [1.54, 1.807) is 24.3 Å². The molecule has 0 saturated heterocycles. The van der Waals surface area contributed by atoms with Crippen LogP contribution in [0.15, 0.2) is 48.5 Å². The Balaban J connectivity index is 2.01. The molecule has 0 radical (unpaired) electrons. The summed E-state index contributed by atoms with van der Waals surface area (Å²) < 4.78 is 0. The second-order valence-electron chi connectivity index (χ2n) is 6.94. The maximum absolute atomic E-state index is 12.8. The molecule has 0 fully saturated rings. The summed E-state index contributed by atoms with van der Waals surface area (Å²) in [6.45, 7) is 5.34. The quantitative estimate of drug-likeness (QED) is 0.700. The van der Waals surface area contributed by atoms with Crippen molar-refractivity contribution in [3.63, 3.8) is 0 Å². The summed E-state index contributed by atoms with van der Waals surface area (Å²) >= 11 is 0. The average Bonchev–Trinajstić information content (AvgIpc) is 2.61. The monoisotopic (exact) mass is 368 g/mol. The summed E-state index contributed by atoms with van der Waals surface area (Å²) in [7, 11) is 0. The van der Waals surface area contributed by atoms with Crippen molar-refractivity contribution in [2.75, 3.05) is 11.9 Å². The number of anilines is 1. The number of carbonyl (C=O) groups excluding carboxylic acids is 2. The third kappa shape index (κ3) is 5.41. The van der Waals surface area contributed by atoms with Crippen LogP contribution in [0.2, 0.25) is 0 Å². The molecule has 0 saturated carbocycles. The van der Waals surface area contributed by atoms with Gasteiger partial charge in [-0.2, -0.15) is 0 Å². The highest BCUT2D eigenvalue weighted by Gasteiger charge is 2.31. The first-order valence-electron chi connectivity index (χ1n) is 8.65. The molecule has 142 valence electrons. The predicted molar refractivity (Wildman–Crippen MR) is 104 cm³/mol. The second kappa shape index (κ2) is 8.49. The van der Waals surface area contributed by atoms with Gasteiger partial charge in [-0.05, 0) is 49.6 Å². The van der Waals surface area contributed by atoms with E-state index < -0.39 is 17.9 Å². The van der Waals surface area contributed by atoms with Gasteiger partial charge in [-0.25, -0.2) is 0 Å². The zero-order valence-corrected chi connectivity index (χ0v) is 15.7. The summed E-state index contributed by atoms with van der Waals surface area (Å²) in [6.07, 6.45) is 0.0796. The molecule has 2 amide bonds. The number of aryl methyl sites for hydroxylation is 1. The highest BCUT2D eigenvalue weighted by Crippen LogP contribution is 2.27. The second-order valence-corrected chi connectivity index (χ2v) is 6.94. The summed E-state index contributed by atoms with van der Waals surface area (Å²) in [4.78, 5) is 34.9. The minimum absolute atomic E-state index is 0.0796. The van der Waals surface area contributed by atoms with E-state index in [0.717, 1.165) is 16.7 Å². The lowest BCUT2D eigenvalue weighted by Gasteiger charge is -2.26. The van der Waals surface area contributed by atoms with E-state index in [1.165, 1.54) is 0 Å². The summed E-state index contributed by atoms with van der Waals surface area (Å²) in [5.74, 6) is -1.57. The van der Waals surface area contributed by atoms with E-state index in [-0.39, 0.29) is 18.2 Å². The van der Waals surface area contributed by atoms with E-state index in [2.05, 4.69) is 10.6 Å². The fraction of sp³-hybridized carbons (Fsp3) is 0.286. The number of carbonyl (C=O) groups is 3. The summed E-state index contributed by atoms with van der Waals surface area (Å²) in [6, 6.07) is 14.7. The van der Waals surface area contributed by atoms with Crippen molar-refractivity contribution < 1.29 is 19.5 Å². The van der Waals surface area contributed by atoms with Crippen molar-refractivity contribution in [2.24, 2.45) is 0 Å². The zero-order chi connectivity index (χ0) is 20.0. The largest absolute Gasteiger partial charge is 0.480 e. The van der Waals surface area contributed by atoms with E-state index in [0.29, 0.717) is 5.69 Å². The molecular formula is C21H24N2O4. The molecule has 0 aliphatic rings. The van der Waals surface area contributed by atoms with Crippen LogP contribution >= 0.6 is 0 Å². The molecule has 0 aliphatic carbocycles. The summed E-state index contributed by atoms with van der Waals surface area (Å²) in [5.41, 5.74) is 2.70. The van der Waals surface area contributed by atoms with Gasteiger partial charge in [0, 0.05) is 5.69 Å². The molecule has 0 unspecified atom stereocenters. The van der Waals surface area contributed by atoms with Gasteiger partial charge in [0.05, 0.1) is 11.8 Å². The maximum Gasteiger partial charge on any atom is 0.322 e. The number of hydrogen-bond acceptors (Lipinski definition) is 3. The number of rotatable bonds is 7. The van der Waals surface area contributed by atoms with Crippen molar-refractivity contribution in [2.45, 2.75) is 32.6 Å². The lowest BCUT2D eigenvalue weighted by molar-refractivity contribution is -0.137. The van der Waals surface area contributed by atoms with Crippen LogP contribution in [0, 0.1) is 6.92 Å². The molecule has 0 spiro atoms. The number of carboxylic acids is 1. The van der Waals surface area contributed by atoms with Crippen LogP contribution in [-0.2, 0) is 26.2 Å². The van der Waals surface area contributed by atoms with Crippen molar-refractivity contribution >= 4 is 23.5 Å². The van der Waals surface area contributed by atoms with Crippen LogP contribution in [0.3, 0.4) is 0 Å². The van der Waals surface area contributed by atoms with E-state index in [4.69, 9.17) is 5.11 Å². The zero-order valence-electron chi connectivity index (χ0n) is 15.7. The Morgan fingerprint density at radius 2 is 1.63 bits per heavy atom. The van der Waals surface area contributed by atoms with Crippen LogP contribution in [-0.4, -0.2) is 29.4 Å². The third-order valence-corrected chi connectivity index (χ3v) is 4.40. The SMILES string of the molecule is Cc1ccccc1C(C)(C)C(=O)Nc1ccc(CC(=O)NCC(=O)O)cc1. The van der Waals surface area contributed by atoms with Gasteiger partial charge >= 0.3 is 5.97 Å². The lowest BCUT2D eigenvalue weighted by Crippen LogP contribution is -2.35. The predicted octanol–water partition coefficient (Wildman–Crippen LogP) is 2.65. The Hall–Kier alpha value is -3.15. The van der Waals surface area contributed by atoms with Gasteiger partial charge < -0.3 is 15.7 Å². The van der Waals surface area contributed by atoms with Crippen LogP contribution in [0.4, 0.5) is 5.69 Å². The average molecular weight is 368 g/mol. The highest BCUT2D eigenvalue weighted by molar-refractivity contribution is 5.98. The Morgan fingerprint density at radius 1 is 1.00 bits per heavy atom. The van der Waals surface area contributed by atoms with E-state index in [1.807, 2.05) is 45.0 Å². The van der Waals surface area contributed by atoms with Crippen LogP contribution < -0.4 is 10.6 Å². The van der Waals surface area contributed by atoms with E-state index in [9.17, 15) is 14.4 Å². The Bertz CT molecular complexity index is 842. The fourth-order valence-corrected chi connectivity index (χ4v) is 2.81. The van der Waals surface area contributed by atoms with Gasteiger partial charge in [-0.3, -0.25) is 14.4 Å². The van der Waals surface area contributed by atoms with E-state index >= 15 is 0 Å². The minimum Gasteiger partial charge on any atom is -0.480 e. The number of carboxylic acid groups (broad SMARTS) is 1. The Morgan fingerprint density at radius 3 is 2.22 bits per heavy atom. The standard InChI is InChI=1S/C21H24N2O4/c1-14-6-4-5-7-17(14)21(2,3)20(27)23-16-10-8-15(9-11-16)12-18(24)22-13-19(25)26/h4-11H,12-13H2,1-3H3,(H,22,24)(H,23,27)(H,25,26). The van der Waals surface area contributed by atoms with Crippen LogP contribution in [0.25, 0.3) is 0 Å². The van der Waals surface area contributed by atoms with Crippen molar-refractivity contribution in [3.8, 4) is 0 Å². The van der Waals surface area contributed by atoms with Crippen LogP contribution in [0.1, 0.15) is 30.5 Å². The van der Waals surface area contributed by atoms with Crippen molar-refractivity contribution in [1.29, 1.82) is 0 Å². The topological polar surface area (TPSA) is 95.5 Å². The molecule has 0 bridgehead atoms. The summed E-state index contributed by atoms with van der Waals surface area (Å²) in [5, 5.41) is 13.8. The number of aliphatic carboxylic acids is 1.